The second kappa shape index (κ2) is 5.16. The molecule has 3 aromatic rings. The molecule has 106 valence electrons. The second-order valence-electron chi connectivity index (χ2n) is 4.50. The highest BCUT2D eigenvalue weighted by molar-refractivity contribution is 5.93. The minimum absolute atomic E-state index is 0.0124. The number of benzene rings is 1. The Balaban J connectivity index is 1.98. The number of fused-ring (bicyclic) bond motifs is 1. The Morgan fingerprint density at radius 2 is 2.00 bits per heavy atom. The lowest BCUT2D eigenvalue weighted by Gasteiger charge is -2.05. The van der Waals surface area contributed by atoms with Crippen LogP contribution in [-0.4, -0.2) is 20.5 Å². The van der Waals surface area contributed by atoms with E-state index in [0.29, 0.717) is 22.8 Å². The lowest BCUT2D eigenvalue weighted by molar-refractivity contribution is 0.0693. The van der Waals surface area contributed by atoms with Gasteiger partial charge in [0.2, 0.25) is 0 Å². The van der Waals surface area contributed by atoms with Crippen molar-refractivity contribution < 1.29 is 14.6 Å². The summed E-state index contributed by atoms with van der Waals surface area (Å²) in [5.74, 6) is 0.0943. The number of nitrogen functional groups attached to an aromatic ring is 1. The Bertz CT molecular complexity index is 797. The molecule has 6 heteroatoms. The largest absolute Gasteiger partial charge is 0.486 e. The fraction of sp³-hybridized carbons (Fsp3) is 0.0667. The number of rotatable bonds is 4. The van der Waals surface area contributed by atoms with Gasteiger partial charge in [0.25, 0.3) is 0 Å². The maximum atomic E-state index is 11.2. The normalized spacial score (nSPS) is 10.7. The zero-order valence-corrected chi connectivity index (χ0v) is 11.1. The Hall–Kier alpha value is -3.02. The van der Waals surface area contributed by atoms with Gasteiger partial charge in [0.1, 0.15) is 12.4 Å². The molecule has 2 aromatic heterocycles. The van der Waals surface area contributed by atoms with Crippen LogP contribution in [0.25, 0.3) is 5.52 Å². The van der Waals surface area contributed by atoms with Crippen LogP contribution in [0.1, 0.15) is 16.3 Å². The molecular formula is C15H13N3O3. The third kappa shape index (κ3) is 2.51. The number of hydrogen-bond donors (Lipinski definition) is 2. The Morgan fingerprint density at radius 1 is 1.24 bits per heavy atom. The van der Waals surface area contributed by atoms with Crippen LogP contribution in [-0.2, 0) is 6.61 Å². The van der Waals surface area contributed by atoms with Crippen molar-refractivity contribution in [1.29, 1.82) is 0 Å². The van der Waals surface area contributed by atoms with Crippen LogP contribution < -0.4 is 10.5 Å². The number of aromatic nitrogens is 2. The van der Waals surface area contributed by atoms with Crippen molar-refractivity contribution in [1.82, 2.24) is 9.38 Å². The van der Waals surface area contributed by atoms with E-state index >= 15 is 0 Å². The van der Waals surface area contributed by atoms with E-state index in [-0.39, 0.29) is 12.3 Å². The van der Waals surface area contributed by atoms with Crippen molar-refractivity contribution in [2.24, 2.45) is 0 Å². The van der Waals surface area contributed by atoms with Crippen molar-refractivity contribution in [2.75, 3.05) is 5.73 Å². The maximum Gasteiger partial charge on any atom is 0.356 e. The summed E-state index contributed by atoms with van der Waals surface area (Å²) in [6.45, 7) is 0.155. The van der Waals surface area contributed by atoms with Gasteiger partial charge in [-0.05, 0) is 24.3 Å². The van der Waals surface area contributed by atoms with Gasteiger partial charge in [-0.3, -0.25) is 4.40 Å². The van der Waals surface area contributed by atoms with Gasteiger partial charge in [-0.25, -0.2) is 9.78 Å². The monoisotopic (exact) mass is 283 g/mol. The number of nitrogens with zero attached hydrogens (tertiary/aromatic N) is 2. The van der Waals surface area contributed by atoms with Crippen LogP contribution >= 0.6 is 0 Å². The third-order valence-corrected chi connectivity index (χ3v) is 3.05. The van der Waals surface area contributed by atoms with Crippen LogP contribution in [0.2, 0.25) is 0 Å². The van der Waals surface area contributed by atoms with Crippen molar-refractivity contribution in [3.63, 3.8) is 0 Å². The standard InChI is InChI=1S/C15H13N3O3/c16-10-6-7-12-14(15(19)20)17-13(18(12)8-10)9-21-11-4-2-1-3-5-11/h1-8H,9,16H2,(H,19,20). The molecule has 0 spiro atoms. The Morgan fingerprint density at radius 3 is 2.71 bits per heavy atom. The van der Waals surface area contributed by atoms with Gasteiger partial charge in [-0.15, -0.1) is 0 Å². The van der Waals surface area contributed by atoms with Crippen LogP contribution in [0.5, 0.6) is 5.75 Å². The van der Waals surface area contributed by atoms with Gasteiger partial charge in [0, 0.05) is 11.9 Å². The molecule has 0 saturated heterocycles. The smallest absolute Gasteiger partial charge is 0.356 e. The van der Waals surface area contributed by atoms with Crippen molar-refractivity contribution in [2.45, 2.75) is 6.61 Å². The molecule has 0 aliphatic rings. The highest BCUT2D eigenvalue weighted by Crippen LogP contribution is 2.18. The molecular weight excluding hydrogens is 270 g/mol. The number of aromatic carboxylic acids is 1. The lowest BCUT2D eigenvalue weighted by Crippen LogP contribution is -2.02. The SMILES string of the molecule is Nc1ccc2c(C(=O)O)nc(COc3ccccc3)n2c1. The summed E-state index contributed by atoms with van der Waals surface area (Å²) in [7, 11) is 0. The number of pyridine rings is 1. The lowest BCUT2D eigenvalue weighted by atomic mass is 10.3. The van der Waals surface area contributed by atoms with Gasteiger partial charge < -0.3 is 15.6 Å². The van der Waals surface area contributed by atoms with Crippen LogP contribution in [0.3, 0.4) is 0 Å². The number of carboxylic acid groups (broad SMARTS) is 1. The van der Waals surface area contributed by atoms with E-state index in [9.17, 15) is 9.90 Å². The molecule has 21 heavy (non-hydrogen) atoms. The van der Waals surface area contributed by atoms with Crippen molar-refractivity contribution in [3.05, 3.63) is 60.2 Å². The van der Waals surface area contributed by atoms with Crippen LogP contribution in [0, 0.1) is 0 Å². The van der Waals surface area contributed by atoms with E-state index < -0.39 is 5.97 Å². The van der Waals surface area contributed by atoms with Gasteiger partial charge in [-0.2, -0.15) is 0 Å². The van der Waals surface area contributed by atoms with Gasteiger partial charge in [0.05, 0.1) is 5.52 Å². The molecule has 3 rings (SSSR count). The molecule has 0 radical (unpaired) electrons. The number of carbonyl (C=O) groups is 1. The van der Waals surface area contributed by atoms with E-state index in [1.165, 1.54) is 0 Å². The number of ether oxygens (including phenoxy) is 1. The Labute approximate surface area is 120 Å². The molecule has 0 atom stereocenters. The summed E-state index contributed by atoms with van der Waals surface area (Å²) < 4.78 is 7.26. The van der Waals surface area contributed by atoms with Gasteiger partial charge in [0.15, 0.2) is 11.5 Å². The molecule has 0 fully saturated rings. The molecule has 2 heterocycles. The predicted molar refractivity (Wildman–Crippen MR) is 77.3 cm³/mol. The third-order valence-electron chi connectivity index (χ3n) is 3.05. The predicted octanol–water partition coefficient (Wildman–Crippen LogP) is 2.19. The summed E-state index contributed by atoms with van der Waals surface area (Å²) in [5.41, 5.74) is 6.75. The summed E-state index contributed by atoms with van der Waals surface area (Å²) in [4.78, 5) is 15.4. The van der Waals surface area contributed by atoms with E-state index in [2.05, 4.69) is 4.98 Å². The zero-order chi connectivity index (χ0) is 14.8. The second-order valence-corrected chi connectivity index (χ2v) is 4.50. The minimum atomic E-state index is -1.08. The van der Waals surface area contributed by atoms with Gasteiger partial charge in [-0.1, -0.05) is 18.2 Å². The van der Waals surface area contributed by atoms with Crippen molar-refractivity contribution >= 4 is 17.2 Å². The zero-order valence-electron chi connectivity index (χ0n) is 11.1. The minimum Gasteiger partial charge on any atom is -0.486 e. The quantitative estimate of drug-likeness (QED) is 0.766. The first-order valence-corrected chi connectivity index (χ1v) is 6.33. The number of para-hydroxylation sites is 1. The van der Waals surface area contributed by atoms with Crippen LogP contribution in [0.15, 0.2) is 48.7 Å². The first kappa shape index (κ1) is 13.0. The van der Waals surface area contributed by atoms with E-state index in [1.54, 1.807) is 22.7 Å². The molecule has 0 unspecified atom stereocenters. The number of nitrogens with two attached hydrogens (primary N) is 1. The summed E-state index contributed by atoms with van der Waals surface area (Å²) in [6, 6.07) is 12.5. The number of imidazole rings is 1. The molecule has 1 aromatic carbocycles. The Kier molecular flexibility index (Phi) is 3.19. The van der Waals surface area contributed by atoms with Gasteiger partial charge >= 0.3 is 5.97 Å². The van der Waals surface area contributed by atoms with E-state index in [1.807, 2.05) is 30.3 Å². The van der Waals surface area contributed by atoms with Crippen molar-refractivity contribution in [3.8, 4) is 5.75 Å². The first-order chi connectivity index (χ1) is 10.1. The molecule has 3 N–H and O–H groups in total. The number of anilines is 1. The first-order valence-electron chi connectivity index (χ1n) is 6.33. The number of carboxylic acids is 1. The summed E-state index contributed by atoms with van der Waals surface area (Å²) in [6.07, 6.45) is 1.64. The molecule has 6 nitrogen and oxygen atoms in total. The molecule has 0 aliphatic heterocycles. The molecule has 0 aliphatic carbocycles. The van der Waals surface area contributed by atoms with E-state index in [4.69, 9.17) is 10.5 Å². The average Bonchev–Trinajstić information content (AvgIpc) is 2.84. The fourth-order valence-electron chi connectivity index (χ4n) is 2.09. The molecule has 0 bridgehead atoms. The van der Waals surface area contributed by atoms with Crippen LogP contribution in [0.4, 0.5) is 5.69 Å². The highest BCUT2D eigenvalue weighted by atomic mass is 16.5. The highest BCUT2D eigenvalue weighted by Gasteiger charge is 2.17. The topological polar surface area (TPSA) is 89.9 Å². The molecule has 0 saturated carbocycles. The maximum absolute atomic E-state index is 11.2. The fourth-order valence-corrected chi connectivity index (χ4v) is 2.09. The summed E-state index contributed by atoms with van der Waals surface area (Å²) >= 11 is 0. The molecule has 0 amide bonds. The number of hydrogen-bond acceptors (Lipinski definition) is 4. The average molecular weight is 283 g/mol. The van der Waals surface area contributed by atoms with E-state index in [0.717, 1.165) is 0 Å². The summed E-state index contributed by atoms with van der Waals surface area (Å²) in [5, 5.41) is 9.20.